The van der Waals surface area contributed by atoms with Gasteiger partial charge in [0.2, 0.25) is 0 Å². The minimum Gasteiger partial charge on any atom is -0.487 e. The van der Waals surface area contributed by atoms with Crippen molar-refractivity contribution in [2.75, 3.05) is 79.3 Å². The third kappa shape index (κ3) is 9.61. The van der Waals surface area contributed by atoms with Gasteiger partial charge in [0.05, 0.1) is 76.1 Å². The van der Waals surface area contributed by atoms with Crippen molar-refractivity contribution in [2.24, 2.45) is 0 Å². The monoisotopic (exact) mass is 498 g/mol. The first-order chi connectivity index (χ1) is 17.8. The third-order valence-electron chi connectivity index (χ3n) is 4.83. The largest absolute Gasteiger partial charge is 0.487 e. The summed E-state index contributed by atoms with van der Waals surface area (Å²) < 4.78 is 45.2. The SMILES string of the molecule is N#Cc1ccc2c(c1)OCCOCCOCCOc1ccc(C#N)cc1OCCOCCOCCO2. The Morgan fingerprint density at radius 3 is 1.06 bits per heavy atom. The molecule has 0 saturated carbocycles. The fraction of sp³-hybridized carbons (Fsp3) is 0.462. The van der Waals surface area contributed by atoms with Crippen molar-refractivity contribution in [2.45, 2.75) is 0 Å². The summed E-state index contributed by atoms with van der Waals surface area (Å²) in [5.74, 6) is 2.02. The molecule has 36 heavy (non-hydrogen) atoms. The summed E-state index contributed by atoms with van der Waals surface area (Å²) in [7, 11) is 0. The molecule has 0 spiro atoms. The van der Waals surface area contributed by atoms with Crippen LogP contribution in [0.4, 0.5) is 0 Å². The summed E-state index contributed by atoms with van der Waals surface area (Å²) in [6, 6.07) is 14.2. The van der Waals surface area contributed by atoms with Crippen molar-refractivity contribution < 1.29 is 37.9 Å². The van der Waals surface area contributed by atoms with Gasteiger partial charge in [0, 0.05) is 12.1 Å². The summed E-state index contributed by atoms with van der Waals surface area (Å²) in [6.45, 7) is 4.25. The average Bonchev–Trinajstić information content (AvgIpc) is 2.91. The van der Waals surface area contributed by atoms with E-state index in [0.29, 0.717) is 113 Å². The Morgan fingerprint density at radius 2 is 0.722 bits per heavy atom. The first kappa shape index (κ1) is 27.1. The van der Waals surface area contributed by atoms with Gasteiger partial charge in [0.25, 0.3) is 0 Å². The van der Waals surface area contributed by atoms with Crippen molar-refractivity contribution in [1.29, 1.82) is 10.5 Å². The number of nitrogens with zero attached hydrogens (tertiary/aromatic N) is 2. The second-order valence-corrected chi connectivity index (χ2v) is 7.39. The van der Waals surface area contributed by atoms with E-state index in [-0.39, 0.29) is 0 Å². The van der Waals surface area contributed by atoms with Gasteiger partial charge < -0.3 is 37.9 Å². The normalized spacial score (nSPS) is 17.1. The molecule has 0 radical (unpaired) electrons. The molecule has 0 unspecified atom stereocenters. The highest BCUT2D eigenvalue weighted by Gasteiger charge is 2.09. The maximum Gasteiger partial charge on any atom is 0.162 e. The molecular weight excluding hydrogens is 468 g/mol. The van der Waals surface area contributed by atoms with E-state index >= 15 is 0 Å². The zero-order chi connectivity index (χ0) is 25.3. The highest BCUT2D eigenvalue weighted by atomic mass is 16.6. The van der Waals surface area contributed by atoms with Crippen LogP contribution < -0.4 is 18.9 Å². The highest BCUT2D eigenvalue weighted by Crippen LogP contribution is 2.29. The van der Waals surface area contributed by atoms with E-state index in [9.17, 15) is 0 Å². The van der Waals surface area contributed by atoms with Gasteiger partial charge in [0.15, 0.2) is 23.0 Å². The zero-order valence-corrected chi connectivity index (χ0v) is 20.1. The summed E-state index contributed by atoms with van der Waals surface area (Å²) >= 11 is 0. The lowest BCUT2D eigenvalue weighted by Crippen LogP contribution is -2.15. The minimum atomic E-state index is 0.295. The van der Waals surface area contributed by atoms with Crippen LogP contribution in [-0.4, -0.2) is 79.3 Å². The van der Waals surface area contributed by atoms with Crippen LogP contribution in [0, 0.1) is 22.7 Å². The van der Waals surface area contributed by atoms with E-state index in [2.05, 4.69) is 12.1 Å². The van der Waals surface area contributed by atoms with Gasteiger partial charge in [-0.2, -0.15) is 10.5 Å². The Hall–Kier alpha value is -3.54. The Morgan fingerprint density at radius 1 is 0.417 bits per heavy atom. The molecular formula is C26H30N2O8. The molecule has 1 heterocycles. The van der Waals surface area contributed by atoms with E-state index < -0.39 is 0 Å². The Balaban J connectivity index is 1.51. The van der Waals surface area contributed by atoms with E-state index in [1.165, 1.54) is 0 Å². The molecule has 0 saturated heterocycles. The van der Waals surface area contributed by atoms with Crippen LogP contribution in [0.1, 0.15) is 11.1 Å². The lowest BCUT2D eigenvalue weighted by atomic mass is 10.2. The van der Waals surface area contributed by atoms with Crippen LogP contribution in [0.3, 0.4) is 0 Å². The van der Waals surface area contributed by atoms with E-state index in [1.54, 1.807) is 36.4 Å². The molecule has 0 bridgehead atoms. The standard InChI is InChI=1S/C26H30N2O8/c27-19-21-1-3-23-25(17-21)35-15-11-31-8-6-30-10-14-34-24-4-2-22(20-28)18-26(24)36-16-12-32-7-5-29-9-13-33-23/h1-4,17-18H,5-16H2. The second kappa shape index (κ2) is 16.2. The molecule has 1 aliphatic heterocycles. The molecule has 192 valence electrons. The maximum atomic E-state index is 9.16. The molecule has 0 fully saturated rings. The van der Waals surface area contributed by atoms with Crippen LogP contribution >= 0.6 is 0 Å². The van der Waals surface area contributed by atoms with Crippen molar-refractivity contribution in [1.82, 2.24) is 0 Å². The van der Waals surface area contributed by atoms with Crippen molar-refractivity contribution in [3.8, 4) is 35.1 Å². The summed E-state index contributed by atoms with van der Waals surface area (Å²) in [5.41, 5.74) is 0.958. The van der Waals surface area contributed by atoms with Crippen molar-refractivity contribution in [3.05, 3.63) is 47.5 Å². The number of hydrogen-bond acceptors (Lipinski definition) is 10. The number of ether oxygens (including phenoxy) is 8. The molecule has 0 aromatic heterocycles. The van der Waals surface area contributed by atoms with Crippen LogP contribution in [0.2, 0.25) is 0 Å². The van der Waals surface area contributed by atoms with E-state index in [1.807, 2.05) is 0 Å². The number of fused-ring (bicyclic) bond motifs is 2. The first-order valence-electron chi connectivity index (χ1n) is 11.7. The van der Waals surface area contributed by atoms with Gasteiger partial charge in [-0.1, -0.05) is 0 Å². The molecule has 2 aromatic rings. The summed E-state index contributed by atoms with van der Waals surface area (Å²) in [5, 5.41) is 18.3. The Kier molecular flexibility index (Phi) is 12.2. The zero-order valence-electron chi connectivity index (χ0n) is 20.1. The van der Waals surface area contributed by atoms with Gasteiger partial charge in [-0.25, -0.2) is 0 Å². The molecule has 0 amide bonds. The van der Waals surface area contributed by atoms with Crippen molar-refractivity contribution >= 4 is 0 Å². The van der Waals surface area contributed by atoms with Crippen LogP contribution in [0.5, 0.6) is 23.0 Å². The van der Waals surface area contributed by atoms with Gasteiger partial charge in [-0.15, -0.1) is 0 Å². The lowest BCUT2D eigenvalue weighted by molar-refractivity contribution is 0.0223. The second-order valence-electron chi connectivity index (χ2n) is 7.39. The number of hydrogen-bond donors (Lipinski definition) is 0. The number of benzene rings is 2. The quantitative estimate of drug-likeness (QED) is 0.536. The summed E-state index contributed by atoms with van der Waals surface area (Å²) in [4.78, 5) is 0. The van der Waals surface area contributed by atoms with Gasteiger partial charge in [-0.05, 0) is 24.3 Å². The van der Waals surface area contributed by atoms with Crippen molar-refractivity contribution in [3.63, 3.8) is 0 Å². The maximum absolute atomic E-state index is 9.16. The van der Waals surface area contributed by atoms with Crippen LogP contribution in [0.15, 0.2) is 36.4 Å². The summed E-state index contributed by atoms with van der Waals surface area (Å²) in [6.07, 6.45) is 0. The first-order valence-corrected chi connectivity index (χ1v) is 11.7. The Labute approximate surface area is 210 Å². The average molecular weight is 499 g/mol. The predicted molar refractivity (Wildman–Crippen MR) is 128 cm³/mol. The van der Waals surface area contributed by atoms with E-state index in [0.717, 1.165) is 0 Å². The molecule has 2 aromatic carbocycles. The molecule has 10 heteroatoms. The minimum absolute atomic E-state index is 0.295. The lowest BCUT2D eigenvalue weighted by Gasteiger charge is -2.15. The fourth-order valence-corrected chi connectivity index (χ4v) is 3.11. The van der Waals surface area contributed by atoms with Gasteiger partial charge in [0.1, 0.15) is 26.4 Å². The number of nitriles is 2. The molecule has 0 N–H and O–H groups in total. The van der Waals surface area contributed by atoms with Crippen LogP contribution in [0.25, 0.3) is 0 Å². The van der Waals surface area contributed by atoms with Crippen LogP contribution in [-0.2, 0) is 18.9 Å². The van der Waals surface area contributed by atoms with Gasteiger partial charge in [-0.3, -0.25) is 0 Å². The van der Waals surface area contributed by atoms with E-state index in [4.69, 9.17) is 48.4 Å². The Bertz CT molecular complexity index is 936. The highest BCUT2D eigenvalue weighted by molar-refractivity contribution is 5.47. The molecule has 3 rings (SSSR count). The third-order valence-corrected chi connectivity index (χ3v) is 4.83. The predicted octanol–water partition coefficient (Wildman–Crippen LogP) is 2.73. The number of rotatable bonds is 0. The molecule has 10 nitrogen and oxygen atoms in total. The molecule has 0 aliphatic carbocycles. The fourth-order valence-electron chi connectivity index (χ4n) is 3.11. The van der Waals surface area contributed by atoms with Gasteiger partial charge >= 0.3 is 0 Å². The topological polar surface area (TPSA) is 121 Å². The smallest absolute Gasteiger partial charge is 0.162 e. The molecule has 0 atom stereocenters. The molecule has 1 aliphatic rings.